The first kappa shape index (κ1) is 11.4. The Morgan fingerprint density at radius 2 is 2.19 bits per heavy atom. The van der Waals surface area contributed by atoms with Gasteiger partial charge in [-0.3, -0.25) is 0 Å². The quantitative estimate of drug-likeness (QED) is 0.852. The molecule has 0 unspecified atom stereocenters. The van der Waals surface area contributed by atoms with Gasteiger partial charge >= 0.3 is 0 Å². The Hall–Kier alpha value is -1.13. The summed E-state index contributed by atoms with van der Waals surface area (Å²) in [6.07, 6.45) is 1.72. The molecule has 2 rings (SSSR count). The number of thiophene rings is 1. The Kier molecular flexibility index (Phi) is 3.41. The van der Waals surface area contributed by atoms with Crippen LogP contribution < -0.4 is 5.32 Å². The minimum absolute atomic E-state index is 0.274. The highest BCUT2D eigenvalue weighted by Crippen LogP contribution is 2.18. The van der Waals surface area contributed by atoms with Crippen LogP contribution in [-0.2, 0) is 6.54 Å². The Labute approximate surface area is 104 Å². The second-order valence-electron chi connectivity index (χ2n) is 3.55. The zero-order valence-electron chi connectivity index (χ0n) is 9.12. The van der Waals surface area contributed by atoms with Gasteiger partial charge in [0.25, 0.3) is 0 Å². The second-order valence-corrected chi connectivity index (χ2v) is 4.89. The summed E-state index contributed by atoms with van der Waals surface area (Å²) < 4.78 is 0. The fourth-order valence-electron chi connectivity index (χ4n) is 1.35. The van der Waals surface area contributed by atoms with E-state index in [4.69, 9.17) is 11.6 Å². The number of hydrogen-bond donors (Lipinski definition) is 1. The molecule has 0 radical (unpaired) electrons. The smallest absolute Gasteiger partial charge is 0.224 e. The lowest BCUT2D eigenvalue weighted by Crippen LogP contribution is -2.03. The van der Waals surface area contributed by atoms with Crippen LogP contribution in [0.15, 0.2) is 17.6 Å². The maximum atomic E-state index is 5.75. The van der Waals surface area contributed by atoms with Gasteiger partial charge in [0.2, 0.25) is 5.28 Å². The van der Waals surface area contributed by atoms with Crippen LogP contribution in [0.5, 0.6) is 0 Å². The van der Waals surface area contributed by atoms with Gasteiger partial charge in [0.15, 0.2) is 0 Å². The third-order valence-electron chi connectivity index (χ3n) is 2.33. The Balaban J connectivity index is 2.10. The van der Waals surface area contributed by atoms with Crippen LogP contribution in [0.1, 0.15) is 16.0 Å². The molecule has 3 nitrogen and oxygen atoms in total. The van der Waals surface area contributed by atoms with Gasteiger partial charge in [0.1, 0.15) is 5.82 Å². The number of aromatic nitrogens is 2. The molecule has 0 atom stereocenters. The van der Waals surface area contributed by atoms with E-state index in [1.54, 1.807) is 17.5 Å². The highest BCUT2D eigenvalue weighted by molar-refractivity contribution is 7.10. The third kappa shape index (κ3) is 2.51. The van der Waals surface area contributed by atoms with Gasteiger partial charge in [0.05, 0.1) is 6.54 Å². The van der Waals surface area contributed by atoms with E-state index in [1.165, 1.54) is 10.4 Å². The van der Waals surface area contributed by atoms with Crippen molar-refractivity contribution in [2.75, 3.05) is 5.32 Å². The molecule has 0 bridgehead atoms. The van der Waals surface area contributed by atoms with Gasteiger partial charge in [-0.1, -0.05) is 0 Å². The van der Waals surface area contributed by atoms with Crippen molar-refractivity contribution < 1.29 is 0 Å². The zero-order valence-corrected chi connectivity index (χ0v) is 10.7. The van der Waals surface area contributed by atoms with Crippen LogP contribution in [0.4, 0.5) is 5.82 Å². The highest BCUT2D eigenvalue weighted by atomic mass is 35.5. The summed E-state index contributed by atoms with van der Waals surface area (Å²) >= 11 is 7.49. The number of nitrogens with zero attached hydrogens (tertiary/aromatic N) is 2. The number of halogens is 1. The van der Waals surface area contributed by atoms with Gasteiger partial charge in [-0.25, -0.2) is 9.97 Å². The molecular weight excluding hydrogens is 242 g/mol. The molecule has 0 aromatic carbocycles. The summed E-state index contributed by atoms with van der Waals surface area (Å²) in [4.78, 5) is 9.38. The Bertz CT molecular complexity index is 496. The third-order valence-corrected chi connectivity index (χ3v) is 3.53. The zero-order chi connectivity index (χ0) is 11.5. The van der Waals surface area contributed by atoms with Crippen molar-refractivity contribution in [2.45, 2.75) is 20.4 Å². The van der Waals surface area contributed by atoms with E-state index in [0.717, 1.165) is 17.9 Å². The average Bonchev–Trinajstić information content (AvgIpc) is 2.66. The van der Waals surface area contributed by atoms with E-state index in [-0.39, 0.29) is 5.28 Å². The van der Waals surface area contributed by atoms with Crippen LogP contribution >= 0.6 is 22.9 Å². The first-order valence-electron chi connectivity index (χ1n) is 4.93. The first-order chi connectivity index (χ1) is 7.66. The van der Waals surface area contributed by atoms with Crippen LogP contribution in [-0.4, -0.2) is 9.97 Å². The van der Waals surface area contributed by atoms with Crippen LogP contribution in [0, 0.1) is 13.8 Å². The van der Waals surface area contributed by atoms with E-state index >= 15 is 0 Å². The number of nitrogens with one attached hydrogen (secondary N) is 1. The Morgan fingerprint density at radius 1 is 1.38 bits per heavy atom. The molecule has 0 aliphatic heterocycles. The van der Waals surface area contributed by atoms with Crippen molar-refractivity contribution in [3.05, 3.63) is 38.9 Å². The number of aryl methyl sites for hydroxylation is 2. The fourth-order valence-corrected chi connectivity index (χ4v) is 2.33. The van der Waals surface area contributed by atoms with Crippen molar-refractivity contribution >= 4 is 28.8 Å². The van der Waals surface area contributed by atoms with Gasteiger partial charge in [-0.05, 0) is 42.5 Å². The van der Waals surface area contributed by atoms with E-state index < -0.39 is 0 Å². The summed E-state index contributed by atoms with van der Waals surface area (Å²) in [5, 5.41) is 5.64. The van der Waals surface area contributed by atoms with Crippen molar-refractivity contribution in [1.29, 1.82) is 0 Å². The van der Waals surface area contributed by atoms with E-state index in [1.807, 2.05) is 6.92 Å². The Morgan fingerprint density at radius 3 is 2.88 bits per heavy atom. The van der Waals surface area contributed by atoms with Crippen molar-refractivity contribution in [3.8, 4) is 0 Å². The molecule has 0 aliphatic rings. The molecule has 0 saturated carbocycles. The lowest BCUT2D eigenvalue weighted by Gasteiger charge is -2.07. The fraction of sp³-hybridized carbons (Fsp3) is 0.273. The maximum Gasteiger partial charge on any atom is 0.224 e. The normalized spacial score (nSPS) is 10.4. The molecule has 16 heavy (non-hydrogen) atoms. The largest absolute Gasteiger partial charge is 0.365 e. The summed E-state index contributed by atoms with van der Waals surface area (Å²) in [5.74, 6) is 0.799. The molecule has 0 spiro atoms. The summed E-state index contributed by atoms with van der Waals surface area (Å²) in [7, 11) is 0. The molecule has 2 heterocycles. The van der Waals surface area contributed by atoms with Crippen LogP contribution in [0.3, 0.4) is 0 Å². The number of anilines is 1. The molecular formula is C11H12ClN3S. The SMILES string of the molecule is Cc1cnc(Cl)nc1NCc1sccc1C. The summed E-state index contributed by atoms with van der Waals surface area (Å²) in [5.41, 5.74) is 2.30. The van der Waals surface area contributed by atoms with Gasteiger partial charge < -0.3 is 5.32 Å². The molecule has 0 amide bonds. The van der Waals surface area contributed by atoms with Gasteiger partial charge in [-0.2, -0.15) is 0 Å². The van der Waals surface area contributed by atoms with Crippen LogP contribution in [0.25, 0.3) is 0 Å². The van der Waals surface area contributed by atoms with Crippen molar-refractivity contribution in [3.63, 3.8) is 0 Å². The topological polar surface area (TPSA) is 37.8 Å². The monoisotopic (exact) mass is 253 g/mol. The molecule has 0 saturated heterocycles. The van der Waals surface area contributed by atoms with Gasteiger partial charge in [0, 0.05) is 16.6 Å². The molecule has 0 aliphatic carbocycles. The predicted octanol–water partition coefficient (Wildman–Crippen LogP) is 3.42. The van der Waals surface area contributed by atoms with E-state index in [2.05, 4.69) is 33.7 Å². The molecule has 1 N–H and O–H groups in total. The molecule has 2 aromatic heterocycles. The first-order valence-corrected chi connectivity index (χ1v) is 6.18. The summed E-state index contributed by atoms with van der Waals surface area (Å²) in [6, 6.07) is 2.11. The van der Waals surface area contributed by atoms with Crippen LogP contribution in [0.2, 0.25) is 5.28 Å². The summed E-state index contributed by atoms with van der Waals surface area (Å²) in [6.45, 7) is 4.84. The lowest BCUT2D eigenvalue weighted by atomic mass is 10.3. The minimum atomic E-state index is 0.274. The molecule has 84 valence electrons. The minimum Gasteiger partial charge on any atom is -0.365 e. The van der Waals surface area contributed by atoms with E-state index in [0.29, 0.717) is 0 Å². The van der Waals surface area contributed by atoms with E-state index in [9.17, 15) is 0 Å². The molecule has 2 aromatic rings. The standard InChI is InChI=1S/C11H12ClN3S/c1-7-3-4-16-9(7)6-13-10-8(2)5-14-11(12)15-10/h3-5H,6H2,1-2H3,(H,13,14,15). The van der Waals surface area contributed by atoms with Gasteiger partial charge in [-0.15, -0.1) is 11.3 Å². The number of hydrogen-bond acceptors (Lipinski definition) is 4. The lowest BCUT2D eigenvalue weighted by molar-refractivity contribution is 1.07. The highest BCUT2D eigenvalue weighted by Gasteiger charge is 2.04. The maximum absolute atomic E-state index is 5.75. The van der Waals surface area contributed by atoms with Crippen molar-refractivity contribution in [2.24, 2.45) is 0 Å². The number of rotatable bonds is 3. The molecule has 0 fully saturated rings. The predicted molar refractivity (Wildman–Crippen MR) is 68.2 cm³/mol. The van der Waals surface area contributed by atoms with Crippen molar-refractivity contribution in [1.82, 2.24) is 9.97 Å². The average molecular weight is 254 g/mol. The second kappa shape index (κ2) is 4.80. The molecule has 5 heteroatoms.